The zero-order chi connectivity index (χ0) is 23.7. The zero-order valence-electron chi connectivity index (χ0n) is 19.9. The quantitative estimate of drug-likeness (QED) is 0.294. The Morgan fingerprint density at radius 1 is 1.17 bits per heavy atom. The molecule has 3 aliphatic rings. The van der Waals surface area contributed by atoms with Crippen molar-refractivity contribution in [2.24, 2.45) is 30.5 Å². The average Bonchev–Trinajstić information content (AvgIpc) is 3.17. The molecule has 35 heavy (non-hydrogen) atoms. The molecule has 2 aliphatic carbocycles. The molecule has 1 saturated carbocycles. The van der Waals surface area contributed by atoms with Crippen LogP contribution in [0.2, 0.25) is 0 Å². The number of benzene rings is 1. The monoisotopic (exact) mass is 482 g/mol. The van der Waals surface area contributed by atoms with Crippen molar-refractivity contribution in [3.05, 3.63) is 60.0 Å². The van der Waals surface area contributed by atoms with E-state index in [1.165, 1.54) is 22.4 Å². The summed E-state index contributed by atoms with van der Waals surface area (Å²) in [6, 6.07) is 12.7. The Morgan fingerprint density at radius 2 is 2.03 bits per heavy atom. The molecule has 7 rings (SSSR count). The fourth-order valence-electron chi connectivity index (χ4n) is 6.10. The molecule has 2 unspecified atom stereocenters. The molecule has 4 heterocycles. The van der Waals surface area contributed by atoms with Crippen LogP contribution < -0.4 is 20.5 Å². The minimum absolute atomic E-state index is 0.683. The summed E-state index contributed by atoms with van der Waals surface area (Å²) >= 11 is 1.60. The predicted octanol–water partition coefficient (Wildman–Crippen LogP) is 3.25. The lowest BCUT2D eigenvalue weighted by Gasteiger charge is -2.24. The first-order chi connectivity index (χ1) is 17.1. The van der Waals surface area contributed by atoms with Crippen LogP contribution in [-0.2, 0) is 13.5 Å². The molecule has 176 valence electrons. The Kier molecular flexibility index (Phi) is 4.76. The van der Waals surface area contributed by atoms with Gasteiger partial charge < -0.3 is 16.0 Å². The van der Waals surface area contributed by atoms with E-state index >= 15 is 0 Å². The van der Waals surface area contributed by atoms with Crippen LogP contribution in [0.3, 0.4) is 0 Å². The smallest absolute Gasteiger partial charge is 0.232 e. The van der Waals surface area contributed by atoms with Crippen LogP contribution in [-0.4, -0.2) is 41.6 Å². The van der Waals surface area contributed by atoms with E-state index in [0.717, 1.165) is 58.7 Å². The van der Waals surface area contributed by atoms with Crippen molar-refractivity contribution in [1.29, 1.82) is 0 Å². The van der Waals surface area contributed by atoms with Crippen molar-refractivity contribution in [2.75, 3.05) is 36.9 Å². The third kappa shape index (κ3) is 3.31. The number of hydrogen-bond donors (Lipinski definition) is 2. The molecule has 2 fully saturated rings. The molecule has 1 aromatic carbocycles. The summed E-state index contributed by atoms with van der Waals surface area (Å²) in [4.78, 5) is 18.4. The molecule has 0 spiro atoms. The maximum Gasteiger partial charge on any atom is 0.232 e. The number of hydrogen-bond acceptors (Lipinski definition) is 7. The van der Waals surface area contributed by atoms with Crippen LogP contribution >= 0.6 is 11.8 Å². The number of piperidine rings is 1. The lowest BCUT2D eigenvalue weighted by Crippen LogP contribution is -2.28. The number of anilines is 2. The van der Waals surface area contributed by atoms with Gasteiger partial charge in [0.2, 0.25) is 5.52 Å². The molecule has 0 amide bonds. The van der Waals surface area contributed by atoms with E-state index in [0.29, 0.717) is 17.8 Å². The van der Waals surface area contributed by atoms with Gasteiger partial charge in [-0.1, -0.05) is 12.1 Å². The predicted molar refractivity (Wildman–Crippen MR) is 139 cm³/mol. The number of aromatic nitrogens is 4. The van der Waals surface area contributed by atoms with Crippen molar-refractivity contribution in [3.8, 4) is 11.1 Å². The van der Waals surface area contributed by atoms with Gasteiger partial charge in [0.1, 0.15) is 18.4 Å². The molecule has 1 aliphatic heterocycles. The first kappa shape index (κ1) is 21.1. The maximum atomic E-state index is 5.99. The topological polar surface area (TPSA) is 83.8 Å². The van der Waals surface area contributed by atoms with Crippen LogP contribution in [0, 0.1) is 17.8 Å². The van der Waals surface area contributed by atoms with Gasteiger partial charge in [0, 0.05) is 61.0 Å². The Balaban J connectivity index is 1.30. The van der Waals surface area contributed by atoms with Gasteiger partial charge in [0.25, 0.3) is 0 Å². The highest BCUT2D eigenvalue weighted by atomic mass is 32.2. The van der Waals surface area contributed by atoms with Crippen molar-refractivity contribution in [3.63, 3.8) is 0 Å². The summed E-state index contributed by atoms with van der Waals surface area (Å²) < 4.78 is 2.10. The van der Waals surface area contributed by atoms with Gasteiger partial charge >= 0.3 is 0 Å². The summed E-state index contributed by atoms with van der Waals surface area (Å²) in [5.41, 5.74) is 14.1. The summed E-state index contributed by atoms with van der Waals surface area (Å²) in [6.07, 6.45) is 4.79. The van der Waals surface area contributed by atoms with Crippen molar-refractivity contribution < 1.29 is 4.57 Å². The van der Waals surface area contributed by atoms with Crippen molar-refractivity contribution >= 4 is 34.3 Å². The molecule has 3 N–H and O–H groups in total. The molecular weight excluding hydrogens is 454 g/mol. The second-order valence-electron chi connectivity index (χ2n) is 9.84. The molecule has 7 nitrogen and oxygen atoms in total. The first-order valence-corrected chi connectivity index (χ1v) is 13.0. The van der Waals surface area contributed by atoms with Gasteiger partial charge in [-0.3, -0.25) is 0 Å². The van der Waals surface area contributed by atoms with Gasteiger partial charge in [-0.05, 0) is 59.3 Å². The van der Waals surface area contributed by atoms with Crippen LogP contribution in [0.1, 0.15) is 11.3 Å². The van der Waals surface area contributed by atoms with Crippen LogP contribution in [0.15, 0.2) is 58.8 Å². The van der Waals surface area contributed by atoms with E-state index in [2.05, 4.69) is 44.0 Å². The van der Waals surface area contributed by atoms with E-state index in [4.69, 9.17) is 15.7 Å². The average molecular weight is 483 g/mol. The molecule has 8 heteroatoms. The molecule has 4 aromatic rings. The minimum atomic E-state index is 0.683. The Morgan fingerprint density at radius 3 is 2.83 bits per heavy atom. The molecule has 0 radical (unpaired) electrons. The van der Waals surface area contributed by atoms with E-state index in [1.807, 2.05) is 38.6 Å². The highest BCUT2D eigenvalue weighted by Crippen LogP contribution is 2.54. The maximum absolute atomic E-state index is 5.99. The third-order valence-electron chi connectivity index (χ3n) is 7.97. The molecule has 1 saturated heterocycles. The number of fused-ring (bicyclic) bond motifs is 5. The highest BCUT2D eigenvalue weighted by molar-refractivity contribution is 7.99. The molecule has 0 bridgehead atoms. The fraction of sp³-hybridized carbons (Fsp3) is 0.333. The summed E-state index contributed by atoms with van der Waals surface area (Å²) in [7, 11) is 4.03. The van der Waals surface area contributed by atoms with Crippen molar-refractivity contribution in [2.45, 2.75) is 16.5 Å². The molecular formula is C27H28N7S+. The number of nitrogens with one attached hydrogen (secondary N) is 1. The fourth-order valence-corrected chi connectivity index (χ4v) is 6.87. The second-order valence-corrected chi connectivity index (χ2v) is 10.9. The summed E-state index contributed by atoms with van der Waals surface area (Å²) in [6.45, 7) is 2.87. The zero-order valence-corrected chi connectivity index (χ0v) is 20.7. The molecule has 3 aromatic heterocycles. The third-order valence-corrected chi connectivity index (χ3v) is 8.80. The summed E-state index contributed by atoms with van der Waals surface area (Å²) in [5, 5.41) is 4.15. The lowest BCUT2D eigenvalue weighted by atomic mass is 10.0. The van der Waals surface area contributed by atoms with Crippen LogP contribution in [0.4, 0.5) is 11.5 Å². The van der Waals surface area contributed by atoms with Crippen LogP contribution in [0.25, 0.3) is 22.2 Å². The molecule has 2 atom stereocenters. The Bertz CT molecular complexity index is 1470. The first-order valence-electron chi connectivity index (χ1n) is 12.2. The normalized spacial score (nSPS) is 21.7. The van der Waals surface area contributed by atoms with Gasteiger partial charge in [-0.2, -0.15) is 4.57 Å². The van der Waals surface area contributed by atoms with Gasteiger partial charge in [0.05, 0.1) is 5.69 Å². The van der Waals surface area contributed by atoms with Gasteiger partial charge in [0.15, 0.2) is 11.4 Å². The number of nitrogens with zero attached hydrogens (tertiary/aromatic N) is 5. The minimum Gasteiger partial charge on any atom is -0.388 e. The van der Waals surface area contributed by atoms with E-state index in [9.17, 15) is 0 Å². The number of pyridine rings is 2. The van der Waals surface area contributed by atoms with Crippen LogP contribution in [0.5, 0.6) is 0 Å². The standard InChI is InChI=1S/C27H28N7S/c1-29-21-6-3-5-16-17(21)10-23-25(16)26(34-13-19-18(11-28)20(19)14-34)32-27(31-23)35-15-9-24-22(30-12-15)7-4-8-33(24)2/h3-9,12,18-20,29H,10-11,13-14,28H2,1-2H3/q+1. The SMILES string of the molecule is CNc1cccc2c1Cc1nc(Sc3cnc4ccc[n+](C)c4c3)nc(N3CC4C(CN)C4C3)c1-2. The van der Waals surface area contributed by atoms with E-state index in [-0.39, 0.29) is 0 Å². The van der Waals surface area contributed by atoms with Gasteiger partial charge in [-0.15, -0.1) is 0 Å². The highest BCUT2D eigenvalue weighted by Gasteiger charge is 2.55. The lowest BCUT2D eigenvalue weighted by molar-refractivity contribution is -0.645. The number of aryl methyl sites for hydroxylation is 1. The largest absolute Gasteiger partial charge is 0.388 e. The summed E-state index contributed by atoms with van der Waals surface area (Å²) in [5.74, 6) is 3.17. The Labute approximate surface area is 208 Å². The van der Waals surface area contributed by atoms with E-state index in [1.54, 1.807) is 11.8 Å². The van der Waals surface area contributed by atoms with Gasteiger partial charge in [-0.25, -0.2) is 15.0 Å². The van der Waals surface area contributed by atoms with Crippen molar-refractivity contribution in [1.82, 2.24) is 15.0 Å². The van der Waals surface area contributed by atoms with E-state index < -0.39 is 0 Å². The number of rotatable bonds is 5. The Hall–Kier alpha value is -3.23. The number of nitrogens with two attached hydrogens (primary N) is 1. The second kappa shape index (κ2) is 7.90.